The lowest BCUT2D eigenvalue weighted by Crippen LogP contribution is -2.53. The molecule has 2 amide bonds. The number of amides is 2. The van der Waals surface area contributed by atoms with Crippen LogP contribution >= 0.6 is 23.2 Å². The molecule has 0 bridgehead atoms. The van der Waals surface area contributed by atoms with E-state index in [4.69, 9.17) is 27.9 Å². The van der Waals surface area contributed by atoms with Gasteiger partial charge in [0.2, 0.25) is 11.8 Å². The molecule has 0 aromatic heterocycles. The molecular weight excluding hydrogens is 616 g/mol. The lowest BCUT2D eigenvalue weighted by atomic mass is 10.1. The SMILES string of the molecule is CCOc1ccc(S(=O)(=O)N(CC(=O)N(Cc2ccc(Cl)cc2Cl)[C@@H](CC)C(=O)N[C@@H](C)CC)c2ccc(F)cc2)cc1. The van der Waals surface area contributed by atoms with Crippen molar-refractivity contribution in [2.24, 2.45) is 0 Å². The molecule has 3 rings (SSSR count). The molecule has 0 heterocycles. The molecule has 3 aromatic rings. The van der Waals surface area contributed by atoms with Crippen LogP contribution in [0.25, 0.3) is 0 Å². The Kier molecular flexibility index (Phi) is 12.2. The van der Waals surface area contributed by atoms with Crippen LogP contribution in [0.3, 0.4) is 0 Å². The predicted octanol–water partition coefficient (Wildman–Crippen LogP) is 6.45. The second kappa shape index (κ2) is 15.4. The minimum Gasteiger partial charge on any atom is -0.494 e. The van der Waals surface area contributed by atoms with Gasteiger partial charge in [-0.1, -0.05) is 43.1 Å². The third kappa shape index (κ3) is 8.84. The van der Waals surface area contributed by atoms with Gasteiger partial charge in [0.25, 0.3) is 10.0 Å². The molecule has 0 aliphatic carbocycles. The summed E-state index contributed by atoms with van der Waals surface area (Å²) in [5, 5.41) is 3.61. The van der Waals surface area contributed by atoms with Gasteiger partial charge in [0.15, 0.2) is 0 Å². The van der Waals surface area contributed by atoms with Crippen LogP contribution in [0, 0.1) is 5.82 Å². The molecule has 1 N–H and O–H groups in total. The molecular formula is C31H36Cl2FN3O5S. The van der Waals surface area contributed by atoms with Gasteiger partial charge in [-0.25, -0.2) is 12.8 Å². The third-order valence-electron chi connectivity index (χ3n) is 6.86. The molecule has 0 aliphatic heterocycles. The van der Waals surface area contributed by atoms with E-state index in [1.807, 2.05) is 20.8 Å². The Balaban J connectivity index is 2.07. The fourth-order valence-corrected chi connectivity index (χ4v) is 6.21. The Labute approximate surface area is 262 Å². The normalized spacial score (nSPS) is 12.7. The molecule has 0 saturated heterocycles. The Morgan fingerprint density at radius 2 is 1.60 bits per heavy atom. The summed E-state index contributed by atoms with van der Waals surface area (Å²) in [6, 6.07) is 14.3. The topological polar surface area (TPSA) is 96.0 Å². The van der Waals surface area contributed by atoms with Crippen molar-refractivity contribution in [2.75, 3.05) is 17.5 Å². The summed E-state index contributed by atoms with van der Waals surface area (Å²) in [5.41, 5.74) is 0.599. The molecule has 3 aromatic carbocycles. The van der Waals surface area contributed by atoms with Crippen LogP contribution in [0.1, 0.15) is 46.1 Å². The van der Waals surface area contributed by atoms with Gasteiger partial charge in [-0.15, -0.1) is 0 Å². The number of hydrogen-bond donors (Lipinski definition) is 1. The summed E-state index contributed by atoms with van der Waals surface area (Å²) in [7, 11) is -4.33. The molecule has 43 heavy (non-hydrogen) atoms. The Bertz CT molecular complexity index is 1500. The standard InChI is InChI=1S/C31H36Cl2FN3O5S/c1-5-21(4)35-31(39)29(6-2)36(19-22-8-9-23(32)18-28(22)33)30(38)20-37(25-12-10-24(34)11-13-25)43(40,41)27-16-14-26(15-17-27)42-7-3/h8-18,21,29H,5-7,19-20H2,1-4H3,(H,35,39)/t21-,29-/m0/s1. The molecule has 0 fully saturated rings. The number of sulfonamides is 1. The predicted molar refractivity (Wildman–Crippen MR) is 168 cm³/mol. The van der Waals surface area contributed by atoms with Gasteiger partial charge < -0.3 is 15.0 Å². The molecule has 0 spiro atoms. The van der Waals surface area contributed by atoms with Crippen LogP contribution in [0.15, 0.2) is 71.6 Å². The van der Waals surface area contributed by atoms with Crippen molar-refractivity contribution in [1.82, 2.24) is 10.2 Å². The van der Waals surface area contributed by atoms with Crippen molar-refractivity contribution < 1.29 is 27.1 Å². The zero-order valence-electron chi connectivity index (χ0n) is 24.5. The van der Waals surface area contributed by atoms with Crippen LogP contribution < -0.4 is 14.4 Å². The van der Waals surface area contributed by atoms with Gasteiger partial charge in [-0.2, -0.15) is 0 Å². The highest BCUT2D eigenvalue weighted by Crippen LogP contribution is 2.28. The van der Waals surface area contributed by atoms with Gasteiger partial charge in [0.1, 0.15) is 24.2 Å². The number of nitrogens with zero attached hydrogens (tertiary/aromatic N) is 2. The molecule has 2 atom stereocenters. The number of rotatable bonds is 14. The molecule has 0 saturated carbocycles. The first-order valence-electron chi connectivity index (χ1n) is 14.0. The number of carbonyl (C=O) groups excluding carboxylic acids is 2. The van der Waals surface area contributed by atoms with Gasteiger partial charge in [0, 0.05) is 22.6 Å². The number of anilines is 1. The maximum Gasteiger partial charge on any atom is 0.264 e. The average Bonchev–Trinajstić information content (AvgIpc) is 2.97. The van der Waals surface area contributed by atoms with E-state index < -0.39 is 34.3 Å². The maximum atomic E-state index is 14.1. The summed E-state index contributed by atoms with van der Waals surface area (Å²) in [5.74, 6) is -1.12. The van der Waals surface area contributed by atoms with E-state index >= 15 is 0 Å². The minimum absolute atomic E-state index is 0.0743. The first-order valence-corrected chi connectivity index (χ1v) is 16.2. The first kappa shape index (κ1) is 34.2. The number of halogens is 3. The van der Waals surface area contributed by atoms with Crippen LogP contribution in [0.2, 0.25) is 10.0 Å². The van der Waals surface area contributed by atoms with E-state index in [2.05, 4.69) is 5.32 Å². The van der Waals surface area contributed by atoms with Crippen LogP contribution in [-0.4, -0.2) is 50.4 Å². The number of ether oxygens (including phenoxy) is 1. The molecule has 0 radical (unpaired) electrons. The molecule has 0 unspecified atom stereocenters. The van der Waals surface area contributed by atoms with Gasteiger partial charge in [-0.05, 0) is 92.9 Å². The van der Waals surface area contributed by atoms with Crippen LogP contribution in [0.5, 0.6) is 5.75 Å². The Morgan fingerprint density at radius 1 is 0.953 bits per heavy atom. The fraction of sp³-hybridized carbons (Fsp3) is 0.355. The van der Waals surface area contributed by atoms with Crippen molar-refractivity contribution in [3.05, 3.63) is 88.2 Å². The summed E-state index contributed by atoms with van der Waals surface area (Å²) >= 11 is 12.5. The zero-order valence-corrected chi connectivity index (χ0v) is 26.8. The molecule has 0 aliphatic rings. The van der Waals surface area contributed by atoms with E-state index in [-0.39, 0.29) is 35.5 Å². The van der Waals surface area contributed by atoms with Crippen LogP contribution in [-0.2, 0) is 26.2 Å². The Hall–Kier alpha value is -3.34. The second-order valence-corrected chi connectivity index (χ2v) is 12.6. The number of carbonyl (C=O) groups is 2. The van der Waals surface area contributed by atoms with Crippen molar-refractivity contribution in [3.8, 4) is 5.75 Å². The lowest BCUT2D eigenvalue weighted by Gasteiger charge is -2.34. The highest BCUT2D eigenvalue weighted by Gasteiger charge is 2.34. The lowest BCUT2D eigenvalue weighted by molar-refractivity contribution is -0.140. The number of hydrogen-bond acceptors (Lipinski definition) is 5. The van der Waals surface area contributed by atoms with Gasteiger partial charge >= 0.3 is 0 Å². The summed E-state index contributed by atoms with van der Waals surface area (Å²) in [6.07, 6.45) is 0.930. The van der Waals surface area contributed by atoms with E-state index in [1.165, 1.54) is 47.4 Å². The first-order chi connectivity index (χ1) is 20.4. The monoisotopic (exact) mass is 651 g/mol. The van der Waals surface area contributed by atoms with E-state index in [0.717, 1.165) is 16.4 Å². The van der Waals surface area contributed by atoms with Crippen molar-refractivity contribution in [3.63, 3.8) is 0 Å². The zero-order chi connectivity index (χ0) is 31.7. The molecule has 12 heteroatoms. The fourth-order valence-electron chi connectivity index (χ4n) is 4.33. The third-order valence-corrected chi connectivity index (χ3v) is 9.23. The summed E-state index contributed by atoms with van der Waals surface area (Å²) < 4.78 is 48.1. The summed E-state index contributed by atoms with van der Waals surface area (Å²) in [6.45, 7) is 7.00. The van der Waals surface area contributed by atoms with Gasteiger partial charge in [0.05, 0.1) is 17.2 Å². The highest BCUT2D eigenvalue weighted by atomic mass is 35.5. The average molecular weight is 653 g/mol. The van der Waals surface area contributed by atoms with Crippen molar-refractivity contribution in [2.45, 2.75) is 64.1 Å². The van der Waals surface area contributed by atoms with E-state index in [1.54, 1.807) is 19.1 Å². The minimum atomic E-state index is -4.33. The van der Waals surface area contributed by atoms with E-state index in [9.17, 15) is 22.4 Å². The molecule has 8 nitrogen and oxygen atoms in total. The van der Waals surface area contributed by atoms with Crippen LogP contribution in [0.4, 0.5) is 10.1 Å². The number of benzene rings is 3. The second-order valence-electron chi connectivity index (χ2n) is 9.89. The molecule has 232 valence electrons. The smallest absolute Gasteiger partial charge is 0.264 e. The Morgan fingerprint density at radius 3 is 2.16 bits per heavy atom. The van der Waals surface area contributed by atoms with E-state index in [0.29, 0.717) is 34.4 Å². The quantitative estimate of drug-likeness (QED) is 0.216. The van der Waals surface area contributed by atoms with Crippen molar-refractivity contribution in [1.29, 1.82) is 0 Å². The summed E-state index contributed by atoms with van der Waals surface area (Å²) in [4.78, 5) is 28.7. The largest absolute Gasteiger partial charge is 0.494 e. The number of nitrogens with one attached hydrogen (secondary N) is 1. The maximum absolute atomic E-state index is 14.1. The van der Waals surface area contributed by atoms with Crippen molar-refractivity contribution >= 4 is 50.7 Å². The highest BCUT2D eigenvalue weighted by molar-refractivity contribution is 7.92. The van der Waals surface area contributed by atoms with Gasteiger partial charge in [-0.3, -0.25) is 13.9 Å².